The molecule has 1 fully saturated rings. The highest BCUT2D eigenvalue weighted by Gasteiger charge is 2.46. The summed E-state index contributed by atoms with van der Waals surface area (Å²) < 4.78 is 5.62. The van der Waals surface area contributed by atoms with Gasteiger partial charge in [-0.1, -0.05) is 25.5 Å². The summed E-state index contributed by atoms with van der Waals surface area (Å²) in [6.07, 6.45) is 1.19. The molecule has 1 N–H and O–H groups in total. The second-order valence-corrected chi connectivity index (χ2v) is 5.99. The Morgan fingerprint density at radius 2 is 1.89 bits per heavy atom. The van der Waals surface area contributed by atoms with Gasteiger partial charge in [0, 0.05) is 5.41 Å². The van der Waals surface area contributed by atoms with Crippen molar-refractivity contribution in [2.24, 2.45) is 5.92 Å². The predicted molar refractivity (Wildman–Crippen MR) is 80.9 cm³/mol. The van der Waals surface area contributed by atoms with Gasteiger partial charge in [-0.05, 0) is 62.5 Å². The predicted octanol–water partition coefficient (Wildman–Crippen LogP) is 3.13. The van der Waals surface area contributed by atoms with E-state index in [1.54, 1.807) is 0 Å². The Balaban J connectivity index is 2.44. The molecule has 0 saturated carbocycles. The van der Waals surface area contributed by atoms with Gasteiger partial charge in [-0.15, -0.1) is 0 Å². The first-order valence-corrected chi connectivity index (χ1v) is 7.36. The van der Waals surface area contributed by atoms with Gasteiger partial charge in [0.25, 0.3) is 0 Å². The molecule has 0 aromatic heterocycles. The number of aryl methyl sites for hydroxylation is 1. The summed E-state index contributed by atoms with van der Waals surface area (Å²) in [4.78, 5) is 0. The summed E-state index contributed by atoms with van der Waals surface area (Å²) in [5.41, 5.74) is 6.00. The van der Waals surface area contributed by atoms with Crippen LogP contribution in [0.3, 0.4) is 0 Å². The van der Waals surface area contributed by atoms with Gasteiger partial charge < -0.3 is 10.1 Å². The van der Waals surface area contributed by atoms with Gasteiger partial charge in [0.1, 0.15) is 0 Å². The fraction of sp³-hybridized carbons (Fsp3) is 0.647. The Morgan fingerprint density at radius 3 is 2.37 bits per heavy atom. The topological polar surface area (TPSA) is 21.3 Å². The molecule has 2 nitrogen and oxygen atoms in total. The smallest absolute Gasteiger partial charge is 0.0588 e. The van der Waals surface area contributed by atoms with E-state index in [9.17, 15) is 0 Å². The largest absolute Gasteiger partial charge is 0.379 e. The molecule has 1 heterocycles. The molecule has 0 spiro atoms. The molecule has 0 bridgehead atoms. The number of rotatable bonds is 5. The minimum atomic E-state index is 0.223. The van der Waals surface area contributed by atoms with E-state index >= 15 is 0 Å². The highest BCUT2D eigenvalue weighted by Crippen LogP contribution is 2.43. The molecular weight excluding hydrogens is 234 g/mol. The summed E-state index contributed by atoms with van der Waals surface area (Å²) in [5.74, 6) is 0.645. The van der Waals surface area contributed by atoms with Crippen LogP contribution in [0.1, 0.15) is 35.6 Å². The first kappa shape index (κ1) is 14.5. The zero-order chi connectivity index (χ0) is 14.0. The van der Waals surface area contributed by atoms with Gasteiger partial charge in [-0.25, -0.2) is 0 Å². The molecule has 1 aliphatic rings. The van der Waals surface area contributed by atoms with Gasteiger partial charge in [0.05, 0.1) is 13.2 Å². The standard InChI is InChI=1S/C17H27NO/c1-6-15(9-18-5)17(10-19-11-17)16-8-7-12(2)13(3)14(16)4/h7-8,15,18H,6,9-11H2,1-5H3. The molecule has 106 valence electrons. The zero-order valence-electron chi connectivity index (χ0n) is 13.0. The third-order valence-electron chi connectivity index (χ3n) is 5.04. The van der Waals surface area contributed by atoms with E-state index in [1.807, 2.05) is 7.05 Å². The highest BCUT2D eigenvalue weighted by molar-refractivity contribution is 5.44. The molecule has 1 aliphatic heterocycles. The van der Waals surface area contributed by atoms with Crippen LogP contribution in [0, 0.1) is 26.7 Å². The molecule has 0 radical (unpaired) electrons. The van der Waals surface area contributed by atoms with Crippen molar-refractivity contribution in [2.75, 3.05) is 26.8 Å². The van der Waals surface area contributed by atoms with Crippen molar-refractivity contribution in [1.82, 2.24) is 5.32 Å². The first-order chi connectivity index (χ1) is 9.06. The van der Waals surface area contributed by atoms with E-state index in [0.717, 1.165) is 19.8 Å². The van der Waals surface area contributed by atoms with Crippen molar-refractivity contribution in [3.63, 3.8) is 0 Å². The minimum Gasteiger partial charge on any atom is -0.379 e. The average molecular weight is 261 g/mol. The molecule has 1 atom stereocenters. The number of benzene rings is 1. The van der Waals surface area contributed by atoms with Crippen LogP contribution in [0.4, 0.5) is 0 Å². The van der Waals surface area contributed by atoms with Crippen LogP contribution in [0.25, 0.3) is 0 Å². The van der Waals surface area contributed by atoms with Crippen LogP contribution >= 0.6 is 0 Å². The third-order valence-corrected chi connectivity index (χ3v) is 5.04. The van der Waals surface area contributed by atoms with E-state index < -0.39 is 0 Å². The van der Waals surface area contributed by atoms with Gasteiger partial charge in [-0.3, -0.25) is 0 Å². The van der Waals surface area contributed by atoms with Gasteiger partial charge in [-0.2, -0.15) is 0 Å². The minimum absolute atomic E-state index is 0.223. The fourth-order valence-electron chi connectivity index (χ4n) is 3.41. The fourth-order valence-corrected chi connectivity index (χ4v) is 3.41. The van der Waals surface area contributed by atoms with Crippen LogP contribution in [0.5, 0.6) is 0 Å². The van der Waals surface area contributed by atoms with E-state index in [2.05, 4.69) is 45.1 Å². The Bertz CT molecular complexity index is 449. The van der Waals surface area contributed by atoms with Crippen LogP contribution < -0.4 is 5.32 Å². The van der Waals surface area contributed by atoms with Crippen molar-refractivity contribution in [1.29, 1.82) is 0 Å². The molecular formula is C17H27NO. The molecule has 2 rings (SSSR count). The van der Waals surface area contributed by atoms with Crippen LogP contribution in [0.15, 0.2) is 12.1 Å². The van der Waals surface area contributed by atoms with Crippen molar-refractivity contribution in [2.45, 2.75) is 39.5 Å². The van der Waals surface area contributed by atoms with Crippen LogP contribution in [-0.4, -0.2) is 26.8 Å². The first-order valence-electron chi connectivity index (χ1n) is 7.36. The lowest BCUT2D eigenvalue weighted by Gasteiger charge is -2.48. The SMILES string of the molecule is CCC(CNC)C1(c2ccc(C)c(C)c2C)COC1. The van der Waals surface area contributed by atoms with E-state index in [4.69, 9.17) is 4.74 Å². The van der Waals surface area contributed by atoms with E-state index in [0.29, 0.717) is 5.92 Å². The number of ether oxygens (including phenoxy) is 1. The van der Waals surface area contributed by atoms with Crippen molar-refractivity contribution in [3.8, 4) is 0 Å². The highest BCUT2D eigenvalue weighted by atomic mass is 16.5. The molecule has 0 amide bonds. The lowest BCUT2D eigenvalue weighted by molar-refractivity contribution is -0.0913. The second kappa shape index (κ2) is 5.64. The van der Waals surface area contributed by atoms with E-state index in [1.165, 1.54) is 28.7 Å². The Labute approximate surface area is 117 Å². The second-order valence-electron chi connectivity index (χ2n) is 5.99. The summed E-state index contributed by atoms with van der Waals surface area (Å²) in [5, 5.41) is 3.35. The molecule has 1 saturated heterocycles. The van der Waals surface area contributed by atoms with Gasteiger partial charge in [0.15, 0.2) is 0 Å². The maximum atomic E-state index is 5.62. The van der Waals surface area contributed by atoms with Crippen molar-refractivity contribution in [3.05, 3.63) is 34.4 Å². The maximum Gasteiger partial charge on any atom is 0.0588 e. The Kier molecular flexibility index (Phi) is 4.32. The molecule has 0 aliphatic carbocycles. The number of hydrogen-bond donors (Lipinski definition) is 1. The molecule has 2 heteroatoms. The molecule has 19 heavy (non-hydrogen) atoms. The van der Waals surface area contributed by atoms with E-state index in [-0.39, 0.29) is 5.41 Å². The maximum absolute atomic E-state index is 5.62. The summed E-state index contributed by atoms with van der Waals surface area (Å²) >= 11 is 0. The lowest BCUT2D eigenvalue weighted by atomic mass is 9.65. The van der Waals surface area contributed by atoms with Crippen molar-refractivity contribution < 1.29 is 4.74 Å². The van der Waals surface area contributed by atoms with Crippen LogP contribution in [-0.2, 0) is 10.2 Å². The number of hydrogen-bond acceptors (Lipinski definition) is 2. The summed E-state index contributed by atoms with van der Waals surface area (Å²) in [6, 6.07) is 4.60. The lowest BCUT2D eigenvalue weighted by Crippen LogP contribution is -2.55. The van der Waals surface area contributed by atoms with Gasteiger partial charge >= 0.3 is 0 Å². The number of nitrogens with one attached hydrogen (secondary N) is 1. The molecule has 1 aromatic rings. The normalized spacial score (nSPS) is 19.0. The Morgan fingerprint density at radius 1 is 1.21 bits per heavy atom. The molecule has 1 aromatic carbocycles. The average Bonchev–Trinajstić information content (AvgIpc) is 2.36. The van der Waals surface area contributed by atoms with Crippen molar-refractivity contribution >= 4 is 0 Å². The van der Waals surface area contributed by atoms with Crippen LogP contribution in [0.2, 0.25) is 0 Å². The monoisotopic (exact) mass is 261 g/mol. The zero-order valence-corrected chi connectivity index (χ0v) is 13.0. The quantitative estimate of drug-likeness (QED) is 0.879. The van der Waals surface area contributed by atoms with Gasteiger partial charge in [0.2, 0.25) is 0 Å². The summed E-state index contributed by atoms with van der Waals surface area (Å²) in [7, 11) is 2.04. The Hall–Kier alpha value is -0.860. The third kappa shape index (κ3) is 2.32. The molecule has 1 unspecified atom stereocenters. The summed E-state index contributed by atoms with van der Waals surface area (Å²) in [6.45, 7) is 11.8.